The van der Waals surface area contributed by atoms with Crippen molar-refractivity contribution >= 4 is 28.5 Å². The molecule has 0 aliphatic heterocycles. The fourth-order valence-electron chi connectivity index (χ4n) is 2.78. The van der Waals surface area contributed by atoms with Crippen LogP contribution in [0.5, 0.6) is 5.75 Å². The van der Waals surface area contributed by atoms with Gasteiger partial charge in [-0.15, -0.1) is 0 Å². The molecule has 0 bridgehead atoms. The van der Waals surface area contributed by atoms with Crippen molar-refractivity contribution in [1.82, 2.24) is 4.57 Å². The van der Waals surface area contributed by atoms with Gasteiger partial charge < -0.3 is 19.8 Å². The third kappa shape index (κ3) is 3.56. The topological polar surface area (TPSA) is 85.5 Å². The van der Waals surface area contributed by atoms with Crippen molar-refractivity contribution in [3.63, 3.8) is 0 Å². The molecule has 0 atom stereocenters. The maximum atomic E-state index is 12.3. The maximum absolute atomic E-state index is 12.3. The van der Waals surface area contributed by atoms with Gasteiger partial charge in [0.05, 0.1) is 18.3 Å². The number of benzene rings is 2. The molecular formula is C19H21N3O4. The smallest absolute Gasteiger partial charge is 0.419 e. The highest BCUT2D eigenvalue weighted by atomic mass is 16.5. The minimum atomic E-state index is -0.413. The molecule has 0 fully saturated rings. The highest BCUT2D eigenvalue weighted by molar-refractivity contribution is 6.01. The molecule has 0 saturated carbocycles. The molecule has 2 aromatic carbocycles. The molecular weight excluding hydrogens is 334 g/mol. The van der Waals surface area contributed by atoms with Crippen molar-refractivity contribution in [3.05, 3.63) is 52.5 Å². The van der Waals surface area contributed by atoms with E-state index < -0.39 is 11.8 Å². The number of ether oxygens (including phenoxy) is 1. The first kappa shape index (κ1) is 17.6. The van der Waals surface area contributed by atoms with E-state index in [0.29, 0.717) is 34.8 Å². The normalized spacial score (nSPS) is 10.7. The Labute approximate surface area is 150 Å². The van der Waals surface area contributed by atoms with Gasteiger partial charge in [0, 0.05) is 18.3 Å². The van der Waals surface area contributed by atoms with E-state index in [1.54, 1.807) is 35.9 Å². The Balaban J connectivity index is 1.79. The van der Waals surface area contributed by atoms with Crippen molar-refractivity contribution in [2.75, 3.05) is 17.7 Å². The number of amides is 2. The number of carbonyl (C=O) groups is 1. The number of methoxy groups -OCH3 is 1. The number of urea groups is 1. The van der Waals surface area contributed by atoms with Crippen LogP contribution in [0.2, 0.25) is 0 Å². The Morgan fingerprint density at radius 2 is 2.00 bits per heavy atom. The second-order valence-electron chi connectivity index (χ2n) is 5.98. The third-order valence-corrected chi connectivity index (χ3v) is 3.98. The van der Waals surface area contributed by atoms with Gasteiger partial charge in [0.25, 0.3) is 0 Å². The molecule has 1 heterocycles. The first-order chi connectivity index (χ1) is 12.5. The van der Waals surface area contributed by atoms with E-state index in [1.165, 1.54) is 0 Å². The Bertz CT molecular complexity index is 1000. The Hall–Kier alpha value is -3.22. The molecule has 26 heavy (non-hydrogen) atoms. The maximum Gasteiger partial charge on any atom is 0.419 e. The van der Waals surface area contributed by atoms with Gasteiger partial charge >= 0.3 is 11.8 Å². The Kier molecular flexibility index (Phi) is 4.97. The van der Waals surface area contributed by atoms with Crippen LogP contribution in [0.3, 0.4) is 0 Å². The van der Waals surface area contributed by atoms with Gasteiger partial charge in [-0.2, -0.15) is 0 Å². The van der Waals surface area contributed by atoms with E-state index >= 15 is 0 Å². The number of fused-ring (bicyclic) bond motifs is 1. The van der Waals surface area contributed by atoms with Crippen LogP contribution in [-0.2, 0) is 6.54 Å². The largest absolute Gasteiger partial charge is 0.495 e. The molecule has 2 N–H and O–H groups in total. The lowest BCUT2D eigenvalue weighted by atomic mass is 10.2. The number of nitrogens with one attached hydrogen (secondary N) is 2. The Morgan fingerprint density at radius 3 is 2.73 bits per heavy atom. The van der Waals surface area contributed by atoms with Gasteiger partial charge in [0.15, 0.2) is 5.58 Å². The fraction of sp³-hybridized carbons (Fsp3) is 0.263. The van der Waals surface area contributed by atoms with E-state index in [9.17, 15) is 9.59 Å². The molecule has 7 nitrogen and oxygen atoms in total. The molecule has 0 saturated heterocycles. The van der Waals surface area contributed by atoms with E-state index in [-0.39, 0.29) is 0 Å². The summed E-state index contributed by atoms with van der Waals surface area (Å²) in [5.41, 5.74) is 3.25. The lowest BCUT2D eigenvalue weighted by Gasteiger charge is -2.12. The summed E-state index contributed by atoms with van der Waals surface area (Å²) in [6.07, 6.45) is 0.829. The quantitative estimate of drug-likeness (QED) is 0.725. The number of aryl methyl sites for hydroxylation is 2. The number of nitrogens with zero attached hydrogens (tertiary/aromatic N) is 1. The van der Waals surface area contributed by atoms with Crippen molar-refractivity contribution in [2.45, 2.75) is 26.8 Å². The van der Waals surface area contributed by atoms with Crippen molar-refractivity contribution in [1.29, 1.82) is 0 Å². The van der Waals surface area contributed by atoms with Crippen LogP contribution in [0.25, 0.3) is 11.1 Å². The summed E-state index contributed by atoms with van der Waals surface area (Å²) in [5.74, 6) is 0.178. The third-order valence-electron chi connectivity index (χ3n) is 3.98. The number of hydrogen-bond donors (Lipinski definition) is 2. The summed E-state index contributed by atoms with van der Waals surface area (Å²) in [5, 5.41) is 5.50. The fourth-order valence-corrected chi connectivity index (χ4v) is 2.78. The average Bonchev–Trinajstić information content (AvgIpc) is 2.90. The molecule has 1 aromatic heterocycles. The van der Waals surface area contributed by atoms with Gasteiger partial charge in [-0.1, -0.05) is 13.0 Å². The van der Waals surface area contributed by atoms with Crippen molar-refractivity contribution in [2.24, 2.45) is 0 Å². The van der Waals surface area contributed by atoms with Gasteiger partial charge in [-0.25, -0.2) is 9.59 Å². The van der Waals surface area contributed by atoms with Crippen molar-refractivity contribution in [3.8, 4) is 5.75 Å². The van der Waals surface area contributed by atoms with E-state index in [2.05, 4.69) is 10.6 Å². The number of carbonyl (C=O) groups excluding carboxylic acids is 1. The minimum Gasteiger partial charge on any atom is -0.495 e. The second kappa shape index (κ2) is 7.35. The zero-order valence-corrected chi connectivity index (χ0v) is 15.0. The van der Waals surface area contributed by atoms with E-state index in [0.717, 1.165) is 12.0 Å². The number of aromatic nitrogens is 1. The number of oxazole rings is 1. The predicted octanol–water partition coefficient (Wildman–Crippen LogP) is 3.97. The molecule has 0 aliphatic rings. The molecule has 0 unspecified atom stereocenters. The summed E-state index contributed by atoms with van der Waals surface area (Å²) in [7, 11) is 1.55. The standard InChI is InChI=1S/C19H21N3O4/c1-4-9-22-15-7-6-13(11-17(15)26-19(22)24)20-18(23)21-14-10-12(2)5-8-16(14)25-3/h5-8,10-11H,4,9H2,1-3H3,(H2,20,21,23). The summed E-state index contributed by atoms with van der Waals surface area (Å²) >= 11 is 0. The van der Waals surface area contributed by atoms with Gasteiger partial charge in [0.2, 0.25) is 0 Å². The summed E-state index contributed by atoms with van der Waals surface area (Å²) in [6, 6.07) is 10.2. The van der Waals surface area contributed by atoms with Crippen LogP contribution >= 0.6 is 0 Å². The predicted molar refractivity (Wildman–Crippen MR) is 101 cm³/mol. The SMILES string of the molecule is CCCn1c(=O)oc2cc(NC(=O)Nc3cc(C)ccc3OC)ccc21. The van der Waals surface area contributed by atoms with Crippen molar-refractivity contribution < 1.29 is 13.9 Å². The minimum absolute atomic E-state index is 0.395. The highest BCUT2D eigenvalue weighted by Gasteiger charge is 2.11. The van der Waals surface area contributed by atoms with Crippen LogP contribution in [0.4, 0.5) is 16.2 Å². The second-order valence-corrected chi connectivity index (χ2v) is 5.98. The Morgan fingerprint density at radius 1 is 1.19 bits per heavy atom. The molecule has 0 spiro atoms. The van der Waals surface area contributed by atoms with Crippen LogP contribution in [0.1, 0.15) is 18.9 Å². The zero-order valence-electron chi connectivity index (χ0n) is 15.0. The van der Waals surface area contributed by atoms with E-state index in [4.69, 9.17) is 9.15 Å². The van der Waals surface area contributed by atoms with Crippen LogP contribution in [-0.4, -0.2) is 17.7 Å². The van der Waals surface area contributed by atoms with Crippen LogP contribution in [0, 0.1) is 6.92 Å². The highest BCUT2D eigenvalue weighted by Crippen LogP contribution is 2.25. The molecule has 2 amide bonds. The molecule has 0 aliphatic carbocycles. The molecule has 7 heteroatoms. The monoisotopic (exact) mass is 355 g/mol. The van der Waals surface area contributed by atoms with Gasteiger partial charge in [0.1, 0.15) is 5.75 Å². The number of hydrogen-bond acceptors (Lipinski definition) is 4. The first-order valence-electron chi connectivity index (χ1n) is 8.38. The zero-order chi connectivity index (χ0) is 18.7. The van der Waals surface area contributed by atoms with E-state index in [1.807, 2.05) is 26.0 Å². The van der Waals surface area contributed by atoms with Crippen LogP contribution in [0.15, 0.2) is 45.6 Å². The molecule has 136 valence electrons. The lowest BCUT2D eigenvalue weighted by molar-refractivity contribution is 0.262. The summed E-state index contributed by atoms with van der Waals surface area (Å²) < 4.78 is 12.1. The molecule has 3 rings (SSSR count). The molecule has 3 aromatic rings. The van der Waals surface area contributed by atoms with Gasteiger partial charge in [-0.3, -0.25) is 4.57 Å². The lowest BCUT2D eigenvalue weighted by Crippen LogP contribution is -2.19. The summed E-state index contributed by atoms with van der Waals surface area (Å²) in [6.45, 7) is 4.51. The average molecular weight is 355 g/mol. The molecule has 0 radical (unpaired) electrons. The van der Waals surface area contributed by atoms with Crippen LogP contribution < -0.4 is 21.1 Å². The summed E-state index contributed by atoms with van der Waals surface area (Å²) in [4.78, 5) is 24.2. The van der Waals surface area contributed by atoms with Gasteiger partial charge in [-0.05, 0) is 43.2 Å². The number of anilines is 2. The number of rotatable bonds is 5. The first-order valence-corrected chi connectivity index (χ1v) is 8.38.